The van der Waals surface area contributed by atoms with E-state index in [2.05, 4.69) is 16.3 Å². The predicted molar refractivity (Wildman–Crippen MR) is 92.9 cm³/mol. The summed E-state index contributed by atoms with van der Waals surface area (Å²) in [4.78, 5) is 14.6. The Kier molecular flexibility index (Phi) is 5.33. The zero-order valence-corrected chi connectivity index (χ0v) is 14.0. The van der Waals surface area contributed by atoms with Gasteiger partial charge in [0.15, 0.2) is 5.76 Å². The van der Waals surface area contributed by atoms with Crippen molar-refractivity contribution < 1.29 is 14.3 Å². The molecule has 0 spiro atoms. The number of benzene rings is 1. The van der Waals surface area contributed by atoms with Crippen molar-refractivity contribution in [2.75, 3.05) is 25.0 Å². The van der Waals surface area contributed by atoms with Crippen LogP contribution in [-0.4, -0.2) is 35.6 Å². The number of furan rings is 1. The zero-order valence-electron chi connectivity index (χ0n) is 14.0. The second-order valence-corrected chi connectivity index (χ2v) is 6.49. The van der Waals surface area contributed by atoms with Crippen LogP contribution in [0.1, 0.15) is 34.5 Å². The summed E-state index contributed by atoms with van der Waals surface area (Å²) in [7, 11) is 0. The number of aryl methyl sites for hydroxylation is 1. The Bertz CT molecular complexity index is 687. The minimum atomic E-state index is -0.224. The summed E-state index contributed by atoms with van der Waals surface area (Å²) < 4.78 is 5.23. The van der Waals surface area contributed by atoms with Crippen LogP contribution >= 0.6 is 0 Å². The molecule has 1 amide bonds. The number of carbonyl (C=O) groups excluding carboxylic acids is 1. The van der Waals surface area contributed by atoms with E-state index in [0.717, 1.165) is 43.7 Å². The van der Waals surface area contributed by atoms with E-state index in [-0.39, 0.29) is 5.91 Å². The van der Waals surface area contributed by atoms with Crippen molar-refractivity contribution >= 4 is 11.6 Å². The van der Waals surface area contributed by atoms with E-state index in [1.165, 1.54) is 11.8 Å². The molecule has 2 N–H and O–H groups in total. The number of anilines is 1. The molecule has 128 valence electrons. The monoisotopic (exact) mass is 328 g/mol. The molecule has 1 fully saturated rings. The standard InChI is InChI=1S/C19H24N2O3/c1-14-7-10-24-18(14)19(23)20-17-4-2-3-16(11-17)12-21-8-5-15(13-22)6-9-21/h2-4,7,10-11,15,22H,5-6,8-9,12-13H2,1H3,(H,20,23). The fraction of sp³-hybridized carbons (Fsp3) is 0.421. The summed E-state index contributed by atoms with van der Waals surface area (Å²) in [5, 5.41) is 12.1. The van der Waals surface area contributed by atoms with Crippen LogP contribution in [0.25, 0.3) is 0 Å². The van der Waals surface area contributed by atoms with Gasteiger partial charge in [-0.15, -0.1) is 0 Å². The molecule has 5 heteroatoms. The van der Waals surface area contributed by atoms with E-state index in [4.69, 9.17) is 4.42 Å². The molecule has 1 aliphatic heterocycles. The van der Waals surface area contributed by atoms with Gasteiger partial charge in [-0.3, -0.25) is 9.69 Å². The average molecular weight is 328 g/mol. The van der Waals surface area contributed by atoms with Gasteiger partial charge in [-0.05, 0) is 62.5 Å². The fourth-order valence-corrected chi connectivity index (χ4v) is 3.13. The summed E-state index contributed by atoms with van der Waals surface area (Å²) >= 11 is 0. The first kappa shape index (κ1) is 16.7. The van der Waals surface area contributed by atoms with E-state index < -0.39 is 0 Å². The Morgan fingerprint density at radius 3 is 2.79 bits per heavy atom. The summed E-state index contributed by atoms with van der Waals surface area (Å²) in [5.41, 5.74) is 2.78. The Morgan fingerprint density at radius 1 is 1.33 bits per heavy atom. The molecule has 2 heterocycles. The number of aliphatic hydroxyl groups excluding tert-OH is 1. The Hall–Kier alpha value is -2.11. The smallest absolute Gasteiger partial charge is 0.291 e. The number of carbonyl (C=O) groups is 1. The van der Waals surface area contributed by atoms with Crippen LogP contribution in [0, 0.1) is 12.8 Å². The van der Waals surface area contributed by atoms with E-state index in [0.29, 0.717) is 18.3 Å². The maximum atomic E-state index is 12.2. The third kappa shape index (κ3) is 4.04. The van der Waals surface area contributed by atoms with Gasteiger partial charge in [-0.2, -0.15) is 0 Å². The van der Waals surface area contributed by atoms with Crippen molar-refractivity contribution in [2.24, 2.45) is 5.92 Å². The number of aliphatic hydroxyl groups is 1. The van der Waals surface area contributed by atoms with Crippen molar-refractivity contribution in [2.45, 2.75) is 26.3 Å². The molecule has 0 radical (unpaired) electrons. The van der Waals surface area contributed by atoms with Crippen LogP contribution in [0.4, 0.5) is 5.69 Å². The third-order valence-electron chi connectivity index (χ3n) is 4.62. The van der Waals surface area contributed by atoms with E-state index in [1.807, 2.05) is 25.1 Å². The molecular weight excluding hydrogens is 304 g/mol. The second kappa shape index (κ2) is 7.64. The van der Waals surface area contributed by atoms with E-state index in [1.54, 1.807) is 6.07 Å². The third-order valence-corrected chi connectivity index (χ3v) is 4.62. The molecule has 1 aliphatic rings. The van der Waals surface area contributed by atoms with Gasteiger partial charge in [0.2, 0.25) is 0 Å². The molecule has 1 aromatic carbocycles. The highest BCUT2D eigenvalue weighted by atomic mass is 16.3. The number of hydrogen-bond acceptors (Lipinski definition) is 4. The lowest BCUT2D eigenvalue weighted by molar-refractivity contribution is 0.0996. The van der Waals surface area contributed by atoms with E-state index in [9.17, 15) is 9.90 Å². The topological polar surface area (TPSA) is 65.7 Å². The van der Waals surface area contributed by atoms with Gasteiger partial charge in [0.25, 0.3) is 5.91 Å². The summed E-state index contributed by atoms with van der Waals surface area (Å²) in [5.74, 6) is 0.577. The molecule has 1 aromatic heterocycles. The van der Waals surface area contributed by atoms with Gasteiger partial charge < -0.3 is 14.8 Å². The average Bonchev–Trinajstić information content (AvgIpc) is 3.02. The number of rotatable bonds is 5. The van der Waals surface area contributed by atoms with Crippen molar-refractivity contribution in [3.8, 4) is 0 Å². The van der Waals surface area contributed by atoms with Gasteiger partial charge in [0.1, 0.15) is 0 Å². The first-order valence-electron chi connectivity index (χ1n) is 8.43. The van der Waals surface area contributed by atoms with Gasteiger partial charge in [0.05, 0.1) is 6.26 Å². The zero-order chi connectivity index (χ0) is 16.9. The van der Waals surface area contributed by atoms with Crippen molar-refractivity contribution in [3.05, 3.63) is 53.5 Å². The highest BCUT2D eigenvalue weighted by Crippen LogP contribution is 2.20. The largest absolute Gasteiger partial charge is 0.459 e. The van der Waals surface area contributed by atoms with Crippen molar-refractivity contribution in [3.63, 3.8) is 0 Å². The molecule has 0 atom stereocenters. The SMILES string of the molecule is Cc1ccoc1C(=O)Nc1cccc(CN2CCC(CO)CC2)c1. The minimum Gasteiger partial charge on any atom is -0.459 e. The minimum absolute atomic E-state index is 0.224. The molecule has 24 heavy (non-hydrogen) atoms. The highest BCUT2D eigenvalue weighted by Gasteiger charge is 2.18. The van der Waals surface area contributed by atoms with Crippen LogP contribution < -0.4 is 5.32 Å². The highest BCUT2D eigenvalue weighted by molar-refractivity contribution is 6.03. The first-order chi connectivity index (χ1) is 11.7. The molecule has 0 saturated carbocycles. The quantitative estimate of drug-likeness (QED) is 0.885. The van der Waals surface area contributed by atoms with Crippen LogP contribution in [0.15, 0.2) is 41.0 Å². The number of likely N-dealkylation sites (tertiary alicyclic amines) is 1. The number of amides is 1. The molecular formula is C19H24N2O3. The number of piperidine rings is 1. The lowest BCUT2D eigenvalue weighted by Gasteiger charge is -2.31. The number of hydrogen-bond donors (Lipinski definition) is 2. The Balaban J connectivity index is 1.60. The first-order valence-corrected chi connectivity index (χ1v) is 8.43. The van der Waals surface area contributed by atoms with Crippen molar-refractivity contribution in [1.29, 1.82) is 0 Å². The second-order valence-electron chi connectivity index (χ2n) is 6.49. The number of nitrogens with one attached hydrogen (secondary N) is 1. The maximum absolute atomic E-state index is 12.2. The predicted octanol–water partition coefficient (Wildman–Crippen LogP) is 3.04. The number of nitrogens with zero attached hydrogens (tertiary/aromatic N) is 1. The summed E-state index contributed by atoms with van der Waals surface area (Å²) in [6, 6.07) is 9.71. The molecule has 0 bridgehead atoms. The van der Waals surface area contributed by atoms with Gasteiger partial charge in [0, 0.05) is 24.4 Å². The normalized spacial score (nSPS) is 16.2. The van der Waals surface area contributed by atoms with Crippen LogP contribution in [-0.2, 0) is 6.54 Å². The molecule has 5 nitrogen and oxygen atoms in total. The van der Waals surface area contributed by atoms with Crippen LogP contribution in [0.2, 0.25) is 0 Å². The lowest BCUT2D eigenvalue weighted by Crippen LogP contribution is -2.34. The summed E-state index contributed by atoms with van der Waals surface area (Å²) in [6.45, 7) is 5.02. The molecule has 0 aliphatic carbocycles. The maximum Gasteiger partial charge on any atom is 0.291 e. The van der Waals surface area contributed by atoms with Gasteiger partial charge in [-0.25, -0.2) is 0 Å². The summed E-state index contributed by atoms with van der Waals surface area (Å²) in [6.07, 6.45) is 3.62. The Morgan fingerprint density at radius 2 is 2.12 bits per heavy atom. The van der Waals surface area contributed by atoms with Crippen molar-refractivity contribution in [1.82, 2.24) is 4.90 Å². The molecule has 0 unspecified atom stereocenters. The molecule has 1 saturated heterocycles. The van der Waals surface area contributed by atoms with Gasteiger partial charge in [-0.1, -0.05) is 12.1 Å². The van der Waals surface area contributed by atoms with E-state index >= 15 is 0 Å². The lowest BCUT2D eigenvalue weighted by atomic mass is 9.97. The molecule has 2 aromatic rings. The molecule has 3 rings (SSSR count). The van der Waals surface area contributed by atoms with Crippen LogP contribution in [0.5, 0.6) is 0 Å². The van der Waals surface area contributed by atoms with Crippen LogP contribution in [0.3, 0.4) is 0 Å². The Labute approximate surface area is 142 Å². The fourth-order valence-electron chi connectivity index (χ4n) is 3.13. The van der Waals surface area contributed by atoms with Gasteiger partial charge >= 0.3 is 0 Å².